The number of hydrogen-bond donors (Lipinski definition) is 0. The number of thiophene rings is 1. The summed E-state index contributed by atoms with van der Waals surface area (Å²) in [4.78, 5) is 0. The summed E-state index contributed by atoms with van der Waals surface area (Å²) >= 11 is 0.929. The van der Waals surface area contributed by atoms with Gasteiger partial charge in [0.15, 0.2) is 0 Å². The van der Waals surface area contributed by atoms with E-state index in [1.165, 1.54) is 12.1 Å². The summed E-state index contributed by atoms with van der Waals surface area (Å²) in [6, 6.07) is 2.81. The molecule has 0 aliphatic heterocycles. The largest absolute Gasteiger partial charge is 1.00 e. The molecule has 1 aromatic rings. The van der Waals surface area contributed by atoms with Crippen LogP contribution in [0.4, 0.5) is 0 Å². The van der Waals surface area contributed by atoms with Gasteiger partial charge in [-0.25, -0.2) is 8.42 Å². The zero-order chi connectivity index (χ0) is 6.91. The van der Waals surface area contributed by atoms with Gasteiger partial charge in [-0.2, -0.15) is 0 Å². The molecule has 1 heterocycles. The molecule has 0 atom stereocenters. The van der Waals surface area contributed by atoms with Crippen molar-refractivity contribution in [2.24, 2.45) is 0 Å². The smallest absolute Gasteiger partial charge is 0.743 e. The van der Waals surface area contributed by atoms with Gasteiger partial charge in [0.25, 0.3) is 0 Å². The Labute approximate surface area is 85.1 Å². The van der Waals surface area contributed by atoms with E-state index in [-0.39, 0.29) is 33.8 Å². The van der Waals surface area contributed by atoms with Gasteiger partial charge in [0, 0.05) is 0 Å². The normalized spacial score (nSPS) is 10.5. The molecule has 0 aliphatic carbocycles. The first kappa shape index (κ1) is 10.6. The van der Waals surface area contributed by atoms with Crippen LogP contribution in [0.15, 0.2) is 21.7 Å². The van der Waals surface area contributed by atoms with Gasteiger partial charge in [-0.1, -0.05) is 6.07 Å². The molecule has 0 fully saturated rings. The Hall–Kier alpha value is 0.610. The van der Waals surface area contributed by atoms with Crippen molar-refractivity contribution in [3.63, 3.8) is 0 Å². The summed E-state index contributed by atoms with van der Waals surface area (Å²) < 4.78 is 30.3. The first-order valence-corrected chi connectivity index (χ1v) is 4.39. The van der Waals surface area contributed by atoms with Crippen LogP contribution in [0.25, 0.3) is 0 Å². The molecule has 0 bridgehead atoms. The van der Waals surface area contributed by atoms with Crippen molar-refractivity contribution in [3.8, 4) is 0 Å². The van der Waals surface area contributed by atoms with E-state index >= 15 is 0 Å². The van der Waals surface area contributed by atoms with Crippen molar-refractivity contribution in [1.29, 1.82) is 0 Å². The summed E-state index contributed by atoms with van der Waals surface area (Å²) in [6.45, 7) is 0. The van der Waals surface area contributed by atoms with Gasteiger partial charge >= 0.3 is 29.6 Å². The van der Waals surface area contributed by atoms with E-state index in [0.29, 0.717) is 0 Å². The van der Waals surface area contributed by atoms with Crippen LogP contribution < -0.4 is 29.6 Å². The number of rotatable bonds is 1. The van der Waals surface area contributed by atoms with E-state index in [9.17, 15) is 13.0 Å². The first-order chi connectivity index (χ1) is 4.11. The Kier molecular flexibility index (Phi) is 4.08. The van der Waals surface area contributed by atoms with Gasteiger partial charge < -0.3 is 4.55 Å². The van der Waals surface area contributed by atoms with Crippen molar-refractivity contribution in [2.45, 2.75) is 4.21 Å². The molecule has 0 spiro atoms. The van der Waals surface area contributed by atoms with E-state index in [1.54, 1.807) is 5.38 Å². The minimum absolute atomic E-state index is 0. The quantitative estimate of drug-likeness (QED) is 0.364. The van der Waals surface area contributed by atoms with Crippen LogP contribution in [0.2, 0.25) is 0 Å². The Bertz CT molecular complexity index is 275. The summed E-state index contributed by atoms with van der Waals surface area (Å²) in [5, 5.41) is 1.55. The second kappa shape index (κ2) is 3.85. The summed E-state index contributed by atoms with van der Waals surface area (Å²) in [5.74, 6) is 0. The van der Waals surface area contributed by atoms with Crippen LogP contribution in [0.3, 0.4) is 0 Å². The van der Waals surface area contributed by atoms with Crippen molar-refractivity contribution < 1.29 is 42.5 Å². The third kappa shape index (κ3) is 2.69. The van der Waals surface area contributed by atoms with Crippen LogP contribution in [0.1, 0.15) is 0 Å². The SMILES string of the molecule is O=S(=O)([O-])c1cccs1.[Na+]. The van der Waals surface area contributed by atoms with Gasteiger partial charge in [0.05, 0.1) is 0 Å². The predicted octanol–water partition coefficient (Wildman–Crippen LogP) is -2.34. The summed E-state index contributed by atoms with van der Waals surface area (Å²) in [7, 11) is -4.19. The molecule has 6 heteroatoms. The molecule has 10 heavy (non-hydrogen) atoms. The van der Waals surface area contributed by atoms with Gasteiger partial charge in [0.1, 0.15) is 14.3 Å². The van der Waals surface area contributed by atoms with Crippen molar-refractivity contribution in [3.05, 3.63) is 17.5 Å². The molecule has 0 unspecified atom stereocenters. The fourth-order valence-corrected chi connectivity index (χ4v) is 1.74. The Morgan fingerprint density at radius 1 is 1.50 bits per heavy atom. The first-order valence-electron chi connectivity index (χ1n) is 2.10. The molecule has 1 rings (SSSR count). The van der Waals surface area contributed by atoms with Crippen molar-refractivity contribution in [1.82, 2.24) is 0 Å². The molecular weight excluding hydrogens is 183 g/mol. The van der Waals surface area contributed by atoms with Crippen LogP contribution in [-0.2, 0) is 10.1 Å². The second-order valence-corrected chi connectivity index (χ2v) is 3.94. The molecule has 0 saturated heterocycles. The Morgan fingerprint density at radius 3 is 2.30 bits per heavy atom. The molecule has 0 aliphatic rings. The molecule has 50 valence electrons. The van der Waals surface area contributed by atoms with Crippen LogP contribution in [0, 0.1) is 0 Å². The third-order valence-corrected chi connectivity index (χ3v) is 2.93. The van der Waals surface area contributed by atoms with E-state index in [4.69, 9.17) is 0 Å². The second-order valence-electron chi connectivity index (χ2n) is 1.39. The minimum Gasteiger partial charge on any atom is -0.743 e. The van der Waals surface area contributed by atoms with Crippen LogP contribution in [0.5, 0.6) is 0 Å². The standard InChI is InChI=1S/C4H4O3S2.Na/c5-9(6,7)4-2-1-3-8-4;/h1-3H,(H,5,6,7);/q;+1/p-1. The van der Waals surface area contributed by atoms with E-state index in [2.05, 4.69) is 0 Å². The fourth-order valence-electron chi connectivity index (χ4n) is 0.406. The van der Waals surface area contributed by atoms with E-state index in [0.717, 1.165) is 11.3 Å². The molecule has 1 aromatic heterocycles. The zero-order valence-electron chi connectivity index (χ0n) is 5.27. The molecule has 0 radical (unpaired) electrons. The van der Waals surface area contributed by atoms with Crippen molar-refractivity contribution >= 4 is 21.5 Å². The third-order valence-electron chi connectivity index (χ3n) is 0.741. The van der Waals surface area contributed by atoms with E-state index in [1.807, 2.05) is 0 Å². The van der Waals surface area contributed by atoms with Gasteiger partial charge in [-0.3, -0.25) is 0 Å². The molecule has 0 N–H and O–H groups in total. The fraction of sp³-hybridized carbons (Fsp3) is 0. The monoisotopic (exact) mass is 186 g/mol. The molecule has 0 amide bonds. The zero-order valence-corrected chi connectivity index (χ0v) is 8.91. The van der Waals surface area contributed by atoms with Gasteiger partial charge in [-0.05, 0) is 11.4 Å². The average Bonchev–Trinajstić information content (AvgIpc) is 2.08. The Morgan fingerprint density at radius 2 is 2.10 bits per heavy atom. The molecular formula is C4H3NaO3S2. The minimum atomic E-state index is -4.19. The Balaban J connectivity index is 0.000000810. The summed E-state index contributed by atoms with van der Waals surface area (Å²) in [6.07, 6.45) is 0. The number of hydrogen-bond acceptors (Lipinski definition) is 4. The average molecular weight is 186 g/mol. The van der Waals surface area contributed by atoms with Crippen LogP contribution in [-0.4, -0.2) is 13.0 Å². The summed E-state index contributed by atoms with van der Waals surface area (Å²) in [5.41, 5.74) is 0. The topological polar surface area (TPSA) is 57.2 Å². The predicted molar refractivity (Wildman–Crippen MR) is 32.3 cm³/mol. The maximum Gasteiger partial charge on any atom is 1.00 e. The molecule has 3 nitrogen and oxygen atoms in total. The van der Waals surface area contributed by atoms with Gasteiger partial charge in [0.2, 0.25) is 0 Å². The van der Waals surface area contributed by atoms with E-state index < -0.39 is 10.1 Å². The van der Waals surface area contributed by atoms with Crippen molar-refractivity contribution in [2.75, 3.05) is 0 Å². The van der Waals surface area contributed by atoms with Gasteiger partial charge in [-0.15, -0.1) is 11.3 Å². The maximum absolute atomic E-state index is 10.1. The molecule has 0 saturated carbocycles. The van der Waals surface area contributed by atoms with Crippen LogP contribution >= 0.6 is 11.3 Å². The molecule has 0 aromatic carbocycles. The maximum atomic E-state index is 10.1.